The molecule has 0 aliphatic rings. The Hall–Kier alpha value is -3.38. The molecule has 2 aromatic carbocycles. The maximum Gasteiger partial charge on any atom is 0.236 e. The van der Waals surface area contributed by atoms with Gasteiger partial charge in [0.05, 0.1) is 10.6 Å². The van der Waals surface area contributed by atoms with Crippen molar-refractivity contribution in [1.82, 2.24) is 4.98 Å². The summed E-state index contributed by atoms with van der Waals surface area (Å²) in [6.07, 6.45) is 9.90. The smallest absolute Gasteiger partial charge is 0.236 e. The van der Waals surface area contributed by atoms with E-state index in [0.29, 0.717) is 19.1 Å². The lowest BCUT2D eigenvalue weighted by molar-refractivity contribution is 0.130. The van der Waals surface area contributed by atoms with Crippen molar-refractivity contribution >= 4 is 17.0 Å². The minimum absolute atomic E-state index is 0.361. The van der Waals surface area contributed by atoms with E-state index < -0.39 is 0 Å². The molecule has 4 aromatic rings. The van der Waals surface area contributed by atoms with Crippen LogP contribution in [0, 0.1) is 6.92 Å². The number of aryl methyl sites for hydroxylation is 1. The van der Waals surface area contributed by atoms with Crippen LogP contribution in [0.5, 0.6) is 5.75 Å². The predicted octanol–water partition coefficient (Wildman–Crippen LogP) is 9.35. The van der Waals surface area contributed by atoms with E-state index in [-0.39, 0.29) is 0 Å². The van der Waals surface area contributed by atoms with Crippen LogP contribution in [-0.2, 0) is 18.1 Å². The van der Waals surface area contributed by atoms with Gasteiger partial charge in [0.2, 0.25) is 5.89 Å². The summed E-state index contributed by atoms with van der Waals surface area (Å²) in [7, 11) is 0. The molecule has 2 aromatic heterocycles. The second-order valence-electron chi connectivity index (χ2n) is 9.48. The first-order valence-electron chi connectivity index (χ1n) is 13.7. The molecule has 2 heterocycles. The van der Waals surface area contributed by atoms with Crippen LogP contribution >= 0.6 is 11.3 Å². The fraction of sp³-hybridized carbons (Fsp3) is 0.375. The number of rotatable bonds is 16. The van der Waals surface area contributed by atoms with Crippen LogP contribution < -0.4 is 4.74 Å². The maximum absolute atomic E-state index is 5.96. The highest BCUT2D eigenvalue weighted by Crippen LogP contribution is 2.26. The van der Waals surface area contributed by atoms with E-state index in [1.165, 1.54) is 38.5 Å². The number of benzene rings is 2. The van der Waals surface area contributed by atoms with Gasteiger partial charge in [0, 0.05) is 0 Å². The fourth-order valence-electron chi connectivity index (χ4n) is 4.21. The first kappa shape index (κ1) is 27.6. The fourth-order valence-corrected chi connectivity index (χ4v) is 4.86. The first-order valence-corrected chi connectivity index (χ1v) is 14.6. The Morgan fingerprint density at radius 2 is 1.63 bits per heavy atom. The lowest BCUT2D eigenvalue weighted by Gasteiger charge is -2.09. The molecule has 0 unspecified atom stereocenters. The Morgan fingerprint density at radius 1 is 0.868 bits per heavy atom. The standard InChI is InChI=1S/C32H38N2O3S/c1-3-4-5-6-7-8-12-16-29(27-14-10-9-11-15-27)34-36-23-26-18-20-28(21-19-26)35-24-30-25(2)37-32(33-30)31-17-13-22-38-31/h9-11,13-15,17-22H,3-8,12,16,23-24H2,1-2H3/b34-29-. The van der Waals surface area contributed by atoms with Crippen LogP contribution in [0.3, 0.4) is 0 Å². The van der Waals surface area contributed by atoms with E-state index in [4.69, 9.17) is 14.0 Å². The zero-order chi connectivity index (χ0) is 26.4. The maximum atomic E-state index is 5.96. The minimum atomic E-state index is 0.361. The van der Waals surface area contributed by atoms with Gasteiger partial charge in [0.15, 0.2) is 0 Å². The molecule has 0 amide bonds. The van der Waals surface area contributed by atoms with Crippen molar-refractivity contribution in [3.05, 3.63) is 94.7 Å². The first-order chi connectivity index (χ1) is 18.7. The summed E-state index contributed by atoms with van der Waals surface area (Å²) in [5, 5.41) is 6.55. The second kappa shape index (κ2) is 15.1. The second-order valence-corrected chi connectivity index (χ2v) is 10.4. The lowest BCUT2D eigenvalue weighted by atomic mass is 10.0. The molecule has 0 radical (unpaired) electrons. The van der Waals surface area contributed by atoms with Crippen molar-refractivity contribution in [3.63, 3.8) is 0 Å². The molecule has 0 bridgehead atoms. The predicted molar refractivity (Wildman–Crippen MR) is 156 cm³/mol. The van der Waals surface area contributed by atoms with Crippen LogP contribution in [0.4, 0.5) is 0 Å². The number of aromatic nitrogens is 1. The van der Waals surface area contributed by atoms with Crippen molar-refractivity contribution < 1.29 is 14.0 Å². The van der Waals surface area contributed by atoms with Crippen LogP contribution in [0.1, 0.15) is 80.9 Å². The summed E-state index contributed by atoms with van der Waals surface area (Å²) >= 11 is 1.61. The average molecular weight is 531 g/mol. The zero-order valence-corrected chi connectivity index (χ0v) is 23.3. The van der Waals surface area contributed by atoms with Crippen molar-refractivity contribution in [1.29, 1.82) is 0 Å². The van der Waals surface area contributed by atoms with Crippen molar-refractivity contribution in [3.8, 4) is 16.5 Å². The molecule has 200 valence electrons. The largest absolute Gasteiger partial charge is 0.487 e. The quantitative estimate of drug-likeness (QED) is 0.0822. The molecule has 6 heteroatoms. The van der Waals surface area contributed by atoms with E-state index in [2.05, 4.69) is 41.3 Å². The Bertz CT molecular complexity index is 1230. The Balaban J connectivity index is 1.26. The number of ether oxygens (including phenoxy) is 1. The van der Waals surface area contributed by atoms with Crippen molar-refractivity contribution in [2.24, 2.45) is 5.16 Å². The number of nitrogens with zero attached hydrogens (tertiary/aromatic N) is 2. The summed E-state index contributed by atoms with van der Waals surface area (Å²) in [6.45, 7) is 4.95. The molecule has 0 aliphatic heterocycles. The third-order valence-electron chi connectivity index (χ3n) is 6.45. The Labute approximate surface area is 230 Å². The van der Waals surface area contributed by atoms with Gasteiger partial charge >= 0.3 is 0 Å². The molecule has 0 saturated carbocycles. The van der Waals surface area contributed by atoms with Gasteiger partial charge < -0.3 is 14.0 Å². The molecule has 5 nitrogen and oxygen atoms in total. The van der Waals surface area contributed by atoms with E-state index >= 15 is 0 Å². The molecule has 38 heavy (non-hydrogen) atoms. The van der Waals surface area contributed by atoms with Gasteiger partial charge in [0.1, 0.15) is 30.4 Å². The van der Waals surface area contributed by atoms with Gasteiger partial charge in [-0.25, -0.2) is 4.98 Å². The van der Waals surface area contributed by atoms with E-state index in [1.54, 1.807) is 11.3 Å². The van der Waals surface area contributed by atoms with Gasteiger partial charge in [-0.15, -0.1) is 11.3 Å². The number of oxazole rings is 1. The zero-order valence-electron chi connectivity index (χ0n) is 22.5. The van der Waals surface area contributed by atoms with Gasteiger partial charge in [-0.05, 0) is 54.5 Å². The van der Waals surface area contributed by atoms with Crippen LogP contribution in [0.15, 0.2) is 81.7 Å². The molecule has 0 aliphatic carbocycles. The molecular formula is C32H38N2O3S. The number of oxime groups is 1. The van der Waals surface area contributed by atoms with E-state index in [1.807, 2.05) is 54.8 Å². The lowest BCUT2D eigenvalue weighted by Crippen LogP contribution is -2.03. The number of hydrogen-bond acceptors (Lipinski definition) is 6. The highest BCUT2D eigenvalue weighted by molar-refractivity contribution is 7.13. The average Bonchev–Trinajstić information content (AvgIpc) is 3.61. The monoisotopic (exact) mass is 530 g/mol. The van der Waals surface area contributed by atoms with Gasteiger partial charge in [-0.1, -0.05) is 99.1 Å². The summed E-state index contributed by atoms with van der Waals surface area (Å²) in [6, 6.07) is 22.3. The SMILES string of the molecule is CCCCCCCCC/C(=N/OCc1ccc(OCc2nc(-c3cccs3)oc2C)cc1)c1ccccc1. The van der Waals surface area contributed by atoms with Crippen LogP contribution in [0.25, 0.3) is 10.8 Å². The molecule has 0 spiro atoms. The Kier molecular flexibility index (Phi) is 11.0. The summed E-state index contributed by atoms with van der Waals surface area (Å²) in [5.74, 6) is 2.20. The third kappa shape index (κ3) is 8.59. The number of thiophene rings is 1. The highest BCUT2D eigenvalue weighted by atomic mass is 32.1. The van der Waals surface area contributed by atoms with Crippen molar-refractivity contribution in [2.45, 2.75) is 78.4 Å². The molecular weight excluding hydrogens is 492 g/mol. The topological polar surface area (TPSA) is 56.9 Å². The summed E-state index contributed by atoms with van der Waals surface area (Å²) in [4.78, 5) is 11.4. The Morgan fingerprint density at radius 3 is 2.37 bits per heavy atom. The molecule has 0 fully saturated rings. The van der Waals surface area contributed by atoms with Gasteiger partial charge in [0.25, 0.3) is 0 Å². The minimum Gasteiger partial charge on any atom is -0.487 e. The third-order valence-corrected chi connectivity index (χ3v) is 7.31. The van der Waals surface area contributed by atoms with E-state index in [9.17, 15) is 0 Å². The summed E-state index contributed by atoms with van der Waals surface area (Å²) < 4.78 is 11.8. The normalized spacial score (nSPS) is 11.6. The van der Waals surface area contributed by atoms with Crippen LogP contribution in [-0.4, -0.2) is 10.7 Å². The molecule has 0 N–H and O–H groups in total. The number of hydrogen-bond donors (Lipinski definition) is 0. The van der Waals surface area contributed by atoms with E-state index in [0.717, 1.165) is 51.8 Å². The molecule has 0 atom stereocenters. The number of unbranched alkanes of at least 4 members (excludes halogenated alkanes) is 6. The summed E-state index contributed by atoms with van der Waals surface area (Å²) in [5.41, 5.74) is 4.00. The highest BCUT2D eigenvalue weighted by Gasteiger charge is 2.13. The van der Waals surface area contributed by atoms with Crippen molar-refractivity contribution in [2.75, 3.05) is 0 Å². The van der Waals surface area contributed by atoms with Gasteiger partial charge in [-0.3, -0.25) is 0 Å². The molecule has 0 saturated heterocycles. The van der Waals surface area contributed by atoms with Gasteiger partial charge in [-0.2, -0.15) is 0 Å². The van der Waals surface area contributed by atoms with Crippen LogP contribution in [0.2, 0.25) is 0 Å². The molecule has 4 rings (SSSR count).